The second-order valence-electron chi connectivity index (χ2n) is 9.50. The molecule has 3 aliphatic rings. The van der Waals surface area contributed by atoms with Gasteiger partial charge in [-0.15, -0.1) is 11.3 Å². The summed E-state index contributed by atoms with van der Waals surface area (Å²) in [4.78, 5) is 31.8. The summed E-state index contributed by atoms with van der Waals surface area (Å²) in [7, 11) is 0. The molecule has 2 aromatic rings. The number of benzene rings is 1. The molecule has 1 aromatic heterocycles. The average molecular weight is 469 g/mol. The molecule has 7 heteroatoms. The monoisotopic (exact) mass is 468 g/mol. The van der Waals surface area contributed by atoms with Gasteiger partial charge < -0.3 is 19.3 Å². The Hall–Kier alpha value is -2.54. The quantitative estimate of drug-likeness (QED) is 0.554. The third kappa shape index (κ3) is 5.18. The molecular formula is C26H32N2O4S. The van der Waals surface area contributed by atoms with Crippen molar-refractivity contribution in [1.29, 1.82) is 0 Å². The Labute approximate surface area is 199 Å². The molecular weight excluding hydrogens is 436 g/mol. The molecule has 0 bridgehead atoms. The predicted octanol–water partition coefficient (Wildman–Crippen LogP) is 4.89. The lowest BCUT2D eigenvalue weighted by molar-refractivity contribution is -0.144. The molecule has 0 N–H and O–H groups in total. The molecule has 2 fully saturated rings. The van der Waals surface area contributed by atoms with E-state index in [0.717, 1.165) is 55.6 Å². The van der Waals surface area contributed by atoms with Crippen LogP contribution in [-0.4, -0.2) is 41.0 Å². The van der Waals surface area contributed by atoms with E-state index in [4.69, 9.17) is 9.47 Å². The summed E-state index contributed by atoms with van der Waals surface area (Å²) in [5, 5.41) is 2.07. The van der Waals surface area contributed by atoms with E-state index in [-0.39, 0.29) is 37.1 Å². The summed E-state index contributed by atoms with van der Waals surface area (Å²) < 4.78 is 11.0. The van der Waals surface area contributed by atoms with Gasteiger partial charge in [0.25, 0.3) is 0 Å². The van der Waals surface area contributed by atoms with Crippen molar-refractivity contribution in [1.82, 2.24) is 9.80 Å². The van der Waals surface area contributed by atoms with Gasteiger partial charge in [0.05, 0.1) is 6.54 Å². The molecule has 0 radical (unpaired) electrons. The standard InChI is InChI=1S/C26H32N2O4S/c1-18-11-12-33-24(18)15-27(14-19-7-10-22-23(13-19)32-17-31-22)25(29)16-28(26(30)20-8-9-20)21-5-3-2-4-6-21/h7,10-13,20-21H,2-6,8-9,14-17H2,1H3. The minimum atomic E-state index is 0.0139. The molecule has 0 spiro atoms. The number of rotatable bonds is 8. The average Bonchev–Trinajstić information content (AvgIpc) is 3.45. The number of carbonyl (C=O) groups is 2. The molecule has 33 heavy (non-hydrogen) atoms. The molecule has 2 saturated carbocycles. The Morgan fingerprint density at radius 2 is 1.79 bits per heavy atom. The van der Waals surface area contributed by atoms with Crippen molar-refractivity contribution in [3.8, 4) is 11.5 Å². The first-order chi connectivity index (χ1) is 16.1. The fraction of sp³-hybridized carbons (Fsp3) is 0.538. The van der Waals surface area contributed by atoms with Gasteiger partial charge in [0, 0.05) is 23.4 Å². The highest BCUT2D eigenvalue weighted by Gasteiger charge is 2.38. The van der Waals surface area contributed by atoms with Crippen LogP contribution in [0.5, 0.6) is 11.5 Å². The molecule has 6 nitrogen and oxygen atoms in total. The Morgan fingerprint density at radius 1 is 1.00 bits per heavy atom. The van der Waals surface area contributed by atoms with Crippen molar-refractivity contribution >= 4 is 23.2 Å². The van der Waals surface area contributed by atoms with Crippen LogP contribution in [0.4, 0.5) is 0 Å². The zero-order chi connectivity index (χ0) is 22.8. The second-order valence-corrected chi connectivity index (χ2v) is 10.5. The number of hydrogen-bond donors (Lipinski definition) is 0. The Balaban J connectivity index is 1.36. The lowest BCUT2D eigenvalue weighted by atomic mass is 9.93. The number of nitrogens with zero attached hydrogens (tertiary/aromatic N) is 2. The lowest BCUT2D eigenvalue weighted by Gasteiger charge is -2.35. The normalized spacial score (nSPS) is 17.7. The summed E-state index contributed by atoms with van der Waals surface area (Å²) in [6.07, 6.45) is 7.46. The van der Waals surface area contributed by atoms with E-state index in [1.165, 1.54) is 16.9 Å². The summed E-state index contributed by atoms with van der Waals surface area (Å²) >= 11 is 1.67. The van der Waals surface area contributed by atoms with Gasteiger partial charge in [0.15, 0.2) is 11.5 Å². The van der Waals surface area contributed by atoms with Crippen LogP contribution in [0.1, 0.15) is 60.9 Å². The van der Waals surface area contributed by atoms with E-state index < -0.39 is 0 Å². The molecule has 1 aliphatic heterocycles. The van der Waals surface area contributed by atoms with Gasteiger partial charge in [-0.05, 0) is 67.3 Å². The zero-order valence-electron chi connectivity index (χ0n) is 19.3. The van der Waals surface area contributed by atoms with E-state index >= 15 is 0 Å². The van der Waals surface area contributed by atoms with Gasteiger partial charge in [-0.3, -0.25) is 9.59 Å². The van der Waals surface area contributed by atoms with E-state index in [2.05, 4.69) is 18.4 Å². The molecule has 2 aliphatic carbocycles. The first-order valence-corrected chi connectivity index (χ1v) is 13.0. The molecule has 0 saturated heterocycles. The van der Waals surface area contributed by atoms with Crippen LogP contribution in [0, 0.1) is 12.8 Å². The fourth-order valence-corrected chi connectivity index (χ4v) is 5.74. The van der Waals surface area contributed by atoms with Crippen molar-refractivity contribution in [3.05, 3.63) is 45.6 Å². The van der Waals surface area contributed by atoms with Gasteiger partial charge in [-0.25, -0.2) is 0 Å². The first-order valence-electron chi connectivity index (χ1n) is 12.1. The Bertz CT molecular complexity index is 1010. The Morgan fingerprint density at radius 3 is 2.52 bits per heavy atom. The number of carbonyl (C=O) groups excluding carboxylic acids is 2. The number of ether oxygens (including phenoxy) is 2. The molecule has 176 valence electrons. The second kappa shape index (κ2) is 9.75. The van der Waals surface area contributed by atoms with Crippen molar-refractivity contribution in [2.75, 3.05) is 13.3 Å². The van der Waals surface area contributed by atoms with Crippen LogP contribution in [0.2, 0.25) is 0 Å². The number of fused-ring (bicyclic) bond motifs is 1. The predicted molar refractivity (Wildman–Crippen MR) is 127 cm³/mol. The number of aryl methyl sites for hydroxylation is 1. The van der Waals surface area contributed by atoms with Crippen LogP contribution in [0.3, 0.4) is 0 Å². The van der Waals surface area contributed by atoms with E-state index in [1.807, 2.05) is 28.0 Å². The van der Waals surface area contributed by atoms with Crippen LogP contribution in [0.15, 0.2) is 29.6 Å². The lowest BCUT2D eigenvalue weighted by Crippen LogP contribution is -2.48. The van der Waals surface area contributed by atoms with E-state index in [1.54, 1.807) is 11.3 Å². The van der Waals surface area contributed by atoms with Crippen molar-refractivity contribution in [2.45, 2.75) is 71.0 Å². The van der Waals surface area contributed by atoms with E-state index in [0.29, 0.717) is 13.1 Å². The fourth-order valence-electron chi connectivity index (χ4n) is 4.82. The molecule has 2 amide bonds. The van der Waals surface area contributed by atoms with Gasteiger partial charge in [0.2, 0.25) is 18.6 Å². The van der Waals surface area contributed by atoms with Crippen molar-refractivity contribution in [2.24, 2.45) is 5.92 Å². The molecule has 2 heterocycles. The van der Waals surface area contributed by atoms with E-state index in [9.17, 15) is 9.59 Å². The molecule has 0 atom stereocenters. The minimum Gasteiger partial charge on any atom is -0.454 e. The summed E-state index contributed by atoms with van der Waals surface area (Å²) in [6.45, 7) is 3.51. The molecule has 0 unspecified atom stereocenters. The van der Waals surface area contributed by atoms with Gasteiger partial charge in [0.1, 0.15) is 6.54 Å². The van der Waals surface area contributed by atoms with Gasteiger partial charge in [-0.2, -0.15) is 0 Å². The maximum Gasteiger partial charge on any atom is 0.242 e. The third-order valence-electron chi connectivity index (χ3n) is 7.00. The molecule has 5 rings (SSSR count). The smallest absolute Gasteiger partial charge is 0.242 e. The van der Waals surface area contributed by atoms with Crippen LogP contribution in [0.25, 0.3) is 0 Å². The van der Waals surface area contributed by atoms with Gasteiger partial charge in [-0.1, -0.05) is 25.3 Å². The topological polar surface area (TPSA) is 59.1 Å². The maximum atomic E-state index is 13.7. The van der Waals surface area contributed by atoms with Crippen LogP contribution < -0.4 is 9.47 Å². The zero-order valence-corrected chi connectivity index (χ0v) is 20.1. The number of amides is 2. The SMILES string of the molecule is Cc1ccsc1CN(Cc1ccc2c(c1)OCO2)C(=O)CN(C(=O)C1CC1)C1CCCCC1. The van der Waals surface area contributed by atoms with Crippen molar-refractivity contribution in [3.63, 3.8) is 0 Å². The molecule has 1 aromatic carbocycles. The van der Waals surface area contributed by atoms with Gasteiger partial charge >= 0.3 is 0 Å². The number of thiophene rings is 1. The first kappa shape index (κ1) is 22.3. The highest BCUT2D eigenvalue weighted by Crippen LogP contribution is 2.35. The highest BCUT2D eigenvalue weighted by atomic mass is 32.1. The highest BCUT2D eigenvalue weighted by molar-refractivity contribution is 7.10. The Kier molecular flexibility index (Phi) is 6.58. The summed E-state index contributed by atoms with van der Waals surface area (Å²) in [5.74, 6) is 1.79. The summed E-state index contributed by atoms with van der Waals surface area (Å²) in [6, 6.07) is 8.14. The largest absolute Gasteiger partial charge is 0.454 e. The maximum absolute atomic E-state index is 13.7. The number of hydrogen-bond acceptors (Lipinski definition) is 5. The third-order valence-corrected chi connectivity index (χ3v) is 8.00. The summed E-state index contributed by atoms with van der Waals surface area (Å²) in [5.41, 5.74) is 2.20. The van der Waals surface area contributed by atoms with Crippen molar-refractivity contribution < 1.29 is 19.1 Å². The minimum absolute atomic E-state index is 0.0139. The van der Waals surface area contributed by atoms with Crippen LogP contribution >= 0.6 is 11.3 Å². The van der Waals surface area contributed by atoms with Crippen LogP contribution in [-0.2, 0) is 22.7 Å².